The molecular weight excluding hydrogens is 190 g/mol. The smallest absolute Gasteiger partial charge is 0.248 e. The molecule has 76 valence electrons. The molecule has 2 heterocycles. The molecule has 4 heteroatoms. The summed E-state index contributed by atoms with van der Waals surface area (Å²) in [5.41, 5.74) is 2.53. The van der Waals surface area contributed by atoms with Crippen LogP contribution in [0.4, 0.5) is 0 Å². The van der Waals surface area contributed by atoms with Crippen LogP contribution in [0.5, 0.6) is 0 Å². The molecule has 4 nitrogen and oxygen atoms in total. The first-order valence-corrected chi connectivity index (χ1v) is 4.81. The predicted molar refractivity (Wildman–Crippen MR) is 57.5 cm³/mol. The second-order valence-electron chi connectivity index (χ2n) is 3.18. The largest absolute Gasteiger partial charge is 0.326 e. The first kappa shape index (κ1) is 9.58. The minimum Gasteiger partial charge on any atom is -0.326 e. The number of nitrogens with zero attached hydrogens (tertiary/aromatic N) is 2. The Kier molecular flexibility index (Phi) is 2.58. The number of pyridine rings is 1. The fraction of sp³-hybridized carbons (Fsp3) is 0.182. The molecule has 2 aromatic heterocycles. The normalized spacial score (nSPS) is 10.2. The minimum atomic E-state index is -0.0838. The van der Waals surface area contributed by atoms with Crippen LogP contribution in [0.15, 0.2) is 35.3 Å². The molecule has 0 saturated heterocycles. The maximum Gasteiger partial charge on any atom is 0.248 e. The van der Waals surface area contributed by atoms with Crippen molar-refractivity contribution in [3.05, 3.63) is 46.5 Å². The number of hydrogen-bond acceptors (Lipinski definition) is 3. The second-order valence-corrected chi connectivity index (χ2v) is 3.18. The highest BCUT2D eigenvalue weighted by Crippen LogP contribution is 2.17. The van der Waals surface area contributed by atoms with Gasteiger partial charge < -0.3 is 4.98 Å². The quantitative estimate of drug-likeness (QED) is 0.798. The number of nitrogens with one attached hydrogen (secondary N) is 1. The van der Waals surface area contributed by atoms with Crippen molar-refractivity contribution in [3.8, 4) is 11.3 Å². The Hall–Kier alpha value is -1.97. The van der Waals surface area contributed by atoms with Crippen molar-refractivity contribution in [1.29, 1.82) is 0 Å². The number of aromatic nitrogens is 3. The molecule has 0 bridgehead atoms. The van der Waals surface area contributed by atoms with Crippen LogP contribution in [0.25, 0.3) is 11.3 Å². The lowest BCUT2D eigenvalue weighted by Gasteiger charge is -2.04. The SMILES string of the molecule is CCc1[nH]c(=O)ccc1-c1cccnn1. The number of rotatable bonds is 2. The van der Waals surface area contributed by atoms with Gasteiger partial charge in [-0.2, -0.15) is 10.2 Å². The highest BCUT2D eigenvalue weighted by Gasteiger charge is 2.05. The molecule has 0 unspecified atom stereocenters. The summed E-state index contributed by atoms with van der Waals surface area (Å²) in [7, 11) is 0. The summed E-state index contributed by atoms with van der Waals surface area (Å²) >= 11 is 0. The monoisotopic (exact) mass is 201 g/mol. The van der Waals surface area contributed by atoms with E-state index in [1.54, 1.807) is 12.3 Å². The number of H-pyrrole nitrogens is 1. The van der Waals surface area contributed by atoms with Gasteiger partial charge in [0.05, 0.1) is 5.69 Å². The molecule has 0 amide bonds. The van der Waals surface area contributed by atoms with Gasteiger partial charge >= 0.3 is 0 Å². The van der Waals surface area contributed by atoms with Crippen LogP contribution in [0, 0.1) is 0 Å². The van der Waals surface area contributed by atoms with Gasteiger partial charge in [-0.15, -0.1) is 0 Å². The van der Waals surface area contributed by atoms with Gasteiger partial charge in [-0.05, 0) is 24.6 Å². The molecule has 0 atom stereocenters. The van der Waals surface area contributed by atoms with E-state index in [4.69, 9.17) is 0 Å². The van der Waals surface area contributed by atoms with Crippen LogP contribution in [0.3, 0.4) is 0 Å². The Morgan fingerprint density at radius 1 is 1.33 bits per heavy atom. The third-order valence-corrected chi connectivity index (χ3v) is 2.20. The highest BCUT2D eigenvalue weighted by atomic mass is 16.1. The third kappa shape index (κ3) is 1.93. The Labute approximate surface area is 87.0 Å². The first-order chi connectivity index (χ1) is 7.31. The van der Waals surface area contributed by atoms with Gasteiger partial charge in [0.25, 0.3) is 0 Å². The predicted octanol–water partition coefficient (Wildman–Crippen LogP) is 1.39. The van der Waals surface area contributed by atoms with Crippen molar-refractivity contribution < 1.29 is 0 Å². The zero-order chi connectivity index (χ0) is 10.7. The molecule has 0 aliphatic heterocycles. The molecule has 0 spiro atoms. The molecule has 0 aliphatic rings. The first-order valence-electron chi connectivity index (χ1n) is 4.81. The summed E-state index contributed by atoms with van der Waals surface area (Å²) in [6.07, 6.45) is 2.39. The van der Waals surface area contributed by atoms with Gasteiger partial charge in [-0.3, -0.25) is 4.79 Å². The van der Waals surface area contributed by atoms with Crippen LogP contribution >= 0.6 is 0 Å². The van der Waals surface area contributed by atoms with E-state index in [1.165, 1.54) is 6.07 Å². The lowest BCUT2D eigenvalue weighted by atomic mass is 10.1. The highest BCUT2D eigenvalue weighted by molar-refractivity contribution is 5.60. The average molecular weight is 201 g/mol. The molecule has 0 aliphatic carbocycles. The van der Waals surface area contributed by atoms with E-state index in [9.17, 15) is 4.79 Å². The summed E-state index contributed by atoms with van der Waals surface area (Å²) in [5, 5.41) is 7.83. The van der Waals surface area contributed by atoms with Crippen molar-refractivity contribution in [2.75, 3.05) is 0 Å². The van der Waals surface area contributed by atoms with E-state index >= 15 is 0 Å². The van der Waals surface area contributed by atoms with Crippen molar-refractivity contribution in [2.24, 2.45) is 0 Å². The molecule has 0 radical (unpaired) electrons. The molecule has 0 saturated carbocycles. The van der Waals surface area contributed by atoms with Crippen molar-refractivity contribution in [3.63, 3.8) is 0 Å². The van der Waals surface area contributed by atoms with Crippen LogP contribution in [-0.4, -0.2) is 15.2 Å². The molecular formula is C11H11N3O. The summed E-state index contributed by atoms with van der Waals surface area (Å²) in [6.45, 7) is 1.99. The topological polar surface area (TPSA) is 58.6 Å². The Morgan fingerprint density at radius 2 is 2.20 bits per heavy atom. The van der Waals surface area contributed by atoms with Crippen molar-refractivity contribution >= 4 is 0 Å². The Balaban J connectivity index is 2.58. The van der Waals surface area contributed by atoms with Gasteiger partial charge in [-0.1, -0.05) is 6.92 Å². The van der Waals surface area contributed by atoms with Gasteiger partial charge in [-0.25, -0.2) is 0 Å². The molecule has 15 heavy (non-hydrogen) atoms. The van der Waals surface area contributed by atoms with E-state index in [0.29, 0.717) is 0 Å². The van der Waals surface area contributed by atoms with E-state index < -0.39 is 0 Å². The van der Waals surface area contributed by atoms with Crippen molar-refractivity contribution in [2.45, 2.75) is 13.3 Å². The van der Waals surface area contributed by atoms with Crippen LogP contribution in [0.1, 0.15) is 12.6 Å². The summed E-state index contributed by atoms with van der Waals surface area (Å²) in [5.74, 6) is 0. The van der Waals surface area contributed by atoms with E-state index in [-0.39, 0.29) is 5.56 Å². The standard InChI is InChI=1S/C11H11N3O/c1-2-9-8(5-6-11(15)13-9)10-4-3-7-12-14-10/h3-7H,2H2,1H3,(H,13,15). The lowest BCUT2D eigenvalue weighted by molar-refractivity contribution is 0.990. The Morgan fingerprint density at radius 3 is 2.87 bits per heavy atom. The molecule has 2 aromatic rings. The van der Waals surface area contributed by atoms with Crippen LogP contribution in [-0.2, 0) is 6.42 Å². The average Bonchev–Trinajstić information content (AvgIpc) is 2.30. The van der Waals surface area contributed by atoms with Gasteiger partial charge in [0.15, 0.2) is 0 Å². The minimum absolute atomic E-state index is 0.0838. The fourth-order valence-electron chi connectivity index (χ4n) is 1.48. The second kappa shape index (κ2) is 4.04. The summed E-state index contributed by atoms with van der Waals surface area (Å²) in [6, 6.07) is 6.98. The van der Waals surface area contributed by atoms with Crippen LogP contribution in [0.2, 0.25) is 0 Å². The van der Waals surface area contributed by atoms with E-state index in [1.807, 2.05) is 19.1 Å². The molecule has 1 N–H and O–H groups in total. The zero-order valence-corrected chi connectivity index (χ0v) is 8.40. The van der Waals surface area contributed by atoms with Gasteiger partial charge in [0.2, 0.25) is 5.56 Å². The maximum absolute atomic E-state index is 11.1. The number of aryl methyl sites for hydroxylation is 1. The number of aromatic amines is 1. The Bertz CT molecular complexity index is 505. The van der Waals surface area contributed by atoms with Gasteiger partial charge in [0, 0.05) is 23.5 Å². The van der Waals surface area contributed by atoms with Gasteiger partial charge in [0.1, 0.15) is 0 Å². The van der Waals surface area contributed by atoms with E-state index in [2.05, 4.69) is 15.2 Å². The third-order valence-electron chi connectivity index (χ3n) is 2.20. The zero-order valence-electron chi connectivity index (χ0n) is 8.40. The van der Waals surface area contributed by atoms with E-state index in [0.717, 1.165) is 23.4 Å². The maximum atomic E-state index is 11.1. The molecule has 0 fully saturated rings. The fourth-order valence-corrected chi connectivity index (χ4v) is 1.48. The molecule has 2 rings (SSSR count). The molecule has 0 aromatic carbocycles. The summed E-state index contributed by atoms with van der Waals surface area (Å²) < 4.78 is 0. The van der Waals surface area contributed by atoms with Crippen molar-refractivity contribution in [1.82, 2.24) is 15.2 Å². The van der Waals surface area contributed by atoms with Crippen LogP contribution < -0.4 is 5.56 Å². The number of hydrogen-bond donors (Lipinski definition) is 1. The lowest BCUT2D eigenvalue weighted by Crippen LogP contribution is -2.08. The summed E-state index contributed by atoms with van der Waals surface area (Å²) in [4.78, 5) is 13.9.